The smallest absolute Gasteiger partial charge is 0.320 e. The Labute approximate surface area is 90.7 Å². The fourth-order valence-electron chi connectivity index (χ4n) is 0.200. The number of nitrogens with one attached hydrogen (secondary N) is 1. The maximum absolute atomic E-state index is 10.4. The van der Waals surface area contributed by atoms with E-state index >= 15 is 0 Å². The van der Waals surface area contributed by atoms with Crippen LogP contribution in [0, 0.1) is 0 Å². The van der Waals surface area contributed by atoms with Crippen LogP contribution in [0.1, 0.15) is 0 Å². The number of rotatable bonds is 3. The Morgan fingerprint density at radius 3 is 2.36 bits per heavy atom. The zero-order valence-electron chi connectivity index (χ0n) is 6.20. The number of carbonyl (C=O) groups is 1. The molecular formula is C3H7NNaO4S2. The predicted molar refractivity (Wildman–Crippen MR) is 43.8 cm³/mol. The Kier molecular flexibility index (Phi) is 8.13. The van der Waals surface area contributed by atoms with Crippen LogP contribution >= 0.6 is 10.8 Å². The Balaban J connectivity index is 0. The summed E-state index contributed by atoms with van der Waals surface area (Å²) in [4.78, 5) is 10.4. The molecule has 0 spiro atoms. The second-order valence-electron chi connectivity index (χ2n) is 1.36. The minimum atomic E-state index is -4.07. The van der Waals surface area contributed by atoms with Gasteiger partial charge in [-0.2, -0.15) is 8.42 Å². The molecule has 0 aromatic carbocycles. The fourth-order valence-corrected chi connectivity index (χ4v) is 1.37. The van der Waals surface area contributed by atoms with Crippen LogP contribution in [0.4, 0.5) is 0 Å². The van der Waals surface area contributed by atoms with Crippen molar-refractivity contribution in [1.82, 2.24) is 5.32 Å². The molecule has 11 heavy (non-hydrogen) atoms. The van der Waals surface area contributed by atoms with Gasteiger partial charge in [0.15, 0.2) is 0 Å². The normalized spacial score (nSPS) is 10.0. The summed E-state index contributed by atoms with van der Waals surface area (Å²) in [6.45, 7) is 0. The first-order chi connectivity index (χ1) is 4.45. The molecule has 2 N–H and O–H groups in total. The zero-order chi connectivity index (χ0) is 8.20. The van der Waals surface area contributed by atoms with Crippen molar-refractivity contribution in [3.05, 3.63) is 0 Å². The van der Waals surface area contributed by atoms with Gasteiger partial charge >= 0.3 is 9.15 Å². The van der Waals surface area contributed by atoms with Crippen molar-refractivity contribution < 1.29 is 17.8 Å². The third-order valence-corrected chi connectivity index (χ3v) is 2.54. The van der Waals surface area contributed by atoms with E-state index in [1.54, 1.807) is 0 Å². The van der Waals surface area contributed by atoms with Crippen molar-refractivity contribution in [3.8, 4) is 0 Å². The van der Waals surface area contributed by atoms with E-state index in [0.29, 0.717) is 0 Å². The second kappa shape index (κ2) is 6.27. The van der Waals surface area contributed by atoms with Crippen LogP contribution in [0.2, 0.25) is 0 Å². The molecule has 0 aliphatic carbocycles. The van der Waals surface area contributed by atoms with Crippen LogP contribution < -0.4 is 5.32 Å². The SMILES string of the molecule is CNC(=O)CSS(=O)(=O)O.[Na]. The molecule has 1 amide bonds. The van der Waals surface area contributed by atoms with Gasteiger partial charge in [-0.15, -0.1) is 0 Å². The standard InChI is InChI=1S/C3H7NO4S2.Na/c1-4-3(5)2-9-10(6,7)8;/h2H2,1H3,(H,4,5)(H,6,7,8);. The Morgan fingerprint density at radius 2 is 2.09 bits per heavy atom. The molecule has 0 aromatic rings. The number of amides is 1. The van der Waals surface area contributed by atoms with Crippen molar-refractivity contribution in [3.63, 3.8) is 0 Å². The quantitative estimate of drug-likeness (QED) is 0.349. The molecule has 0 unspecified atom stereocenters. The fraction of sp³-hybridized carbons (Fsp3) is 0.667. The minimum absolute atomic E-state index is 0. The summed E-state index contributed by atoms with van der Waals surface area (Å²) in [7, 11) is -2.51. The topological polar surface area (TPSA) is 83.5 Å². The molecule has 61 valence electrons. The van der Waals surface area contributed by atoms with Crippen LogP contribution in [0.5, 0.6) is 0 Å². The van der Waals surface area contributed by atoms with E-state index in [1.807, 2.05) is 0 Å². The monoisotopic (exact) mass is 208 g/mol. The summed E-state index contributed by atoms with van der Waals surface area (Å²) in [5.74, 6) is -0.724. The molecule has 5 nitrogen and oxygen atoms in total. The van der Waals surface area contributed by atoms with Crippen molar-refractivity contribution in [2.24, 2.45) is 0 Å². The first-order valence-corrected chi connectivity index (χ1v) is 5.22. The van der Waals surface area contributed by atoms with Crippen molar-refractivity contribution in [1.29, 1.82) is 0 Å². The van der Waals surface area contributed by atoms with Gasteiger partial charge in [-0.05, 0) is 0 Å². The van der Waals surface area contributed by atoms with E-state index in [9.17, 15) is 13.2 Å². The van der Waals surface area contributed by atoms with Crippen LogP contribution in [-0.2, 0) is 13.9 Å². The van der Waals surface area contributed by atoms with Crippen molar-refractivity contribution in [2.45, 2.75) is 0 Å². The second-order valence-corrected chi connectivity index (χ2v) is 4.71. The van der Waals surface area contributed by atoms with Gasteiger partial charge in [0, 0.05) is 47.4 Å². The van der Waals surface area contributed by atoms with Gasteiger partial charge in [-0.25, -0.2) is 0 Å². The van der Waals surface area contributed by atoms with Gasteiger partial charge in [-0.3, -0.25) is 9.35 Å². The molecule has 0 aliphatic heterocycles. The summed E-state index contributed by atoms with van der Waals surface area (Å²) in [6.07, 6.45) is 0. The molecule has 1 radical (unpaired) electrons. The van der Waals surface area contributed by atoms with Gasteiger partial charge < -0.3 is 5.32 Å². The first-order valence-electron chi connectivity index (χ1n) is 2.28. The molecule has 0 atom stereocenters. The van der Waals surface area contributed by atoms with Crippen LogP contribution in [-0.4, -0.2) is 61.2 Å². The van der Waals surface area contributed by atoms with E-state index < -0.39 is 15.1 Å². The maximum atomic E-state index is 10.4. The van der Waals surface area contributed by atoms with Gasteiger partial charge in [0.1, 0.15) is 0 Å². The Morgan fingerprint density at radius 1 is 1.64 bits per heavy atom. The van der Waals surface area contributed by atoms with Crippen molar-refractivity contribution in [2.75, 3.05) is 12.8 Å². The molecule has 0 fully saturated rings. The summed E-state index contributed by atoms with van der Waals surface area (Å²) in [6, 6.07) is 0. The molecule has 0 aromatic heterocycles. The average molecular weight is 208 g/mol. The van der Waals surface area contributed by atoms with E-state index in [4.69, 9.17) is 4.55 Å². The average Bonchev–Trinajstić information content (AvgIpc) is 1.81. The Hall–Kier alpha value is 0.730. The minimum Gasteiger partial charge on any atom is -0.358 e. The van der Waals surface area contributed by atoms with Crippen LogP contribution in [0.25, 0.3) is 0 Å². The third-order valence-electron chi connectivity index (χ3n) is 0.618. The third kappa shape index (κ3) is 10.7. The molecule has 0 bridgehead atoms. The van der Waals surface area contributed by atoms with Crippen molar-refractivity contribution >= 4 is 55.4 Å². The van der Waals surface area contributed by atoms with Gasteiger partial charge in [0.05, 0.1) is 5.75 Å². The largest absolute Gasteiger partial charge is 0.358 e. The van der Waals surface area contributed by atoms with Crippen LogP contribution in [0.3, 0.4) is 0 Å². The van der Waals surface area contributed by atoms with Gasteiger partial charge in [0.25, 0.3) is 0 Å². The zero-order valence-corrected chi connectivity index (χ0v) is 9.83. The summed E-state index contributed by atoms with van der Waals surface area (Å²) >= 11 is 0. The molecule has 0 aliphatic rings. The molecular weight excluding hydrogens is 201 g/mol. The summed E-state index contributed by atoms with van der Waals surface area (Å²) in [5, 5.41) is 2.20. The van der Waals surface area contributed by atoms with E-state index in [-0.39, 0.29) is 46.1 Å². The first kappa shape index (κ1) is 14.3. The Bertz CT molecular complexity index is 213. The molecule has 0 heterocycles. The predicted octanol–water partition coefficient (Wildman–Crippen LogP) is -1.11. The summed E-state index contributed by atoms with van der Waals surface area (Å²) < 4.78 is 28.1. The molecule has 0 saturated heterocycles. The number of carbonyl (C=O) groups excluding carboxylic acids is 1. The van der Waals surface area contributed by atoms with Gasteiger partial charge in [-0.1, -0.05) is 0 Å². The van der Waals surface area contributed by atoms with E-state index in [2.05, 4.69) is 5.32 Å². The van der Waals surface area contributed by atoms with E-state index in [1.165, 1.54) is 7.05 Å². The number of hydrogen-bond donors (Lipinski definition) is 2. The molecule has 0 saturated carbocycles. The molecule has 8 heteroatoms. The maximum Gasteiger partial charge on any atom is 0.320 e. The molecule has 0 rings (SSSR count). The summed E-state index contributed by atoms with van der Waals surface area (Å²) in [5.41, 5.74) is 0. The van der Waals surface area contributed by atoms with Gasteiger partial charge in [0.2, 0.25) is 5.91 Å². The van der Waals surface area contributed by atoms with Crippen LogP contribution in [0.15, 0.2) is 0 Å². The number of hydrogen-bond acceptors (Lipinski definition) is 4. The van der Waals surface area contributed by atoms with E-state index in [0.717, 1.165) is 0 Å².